The van der Waals surface area contributed by atoms with E-state index in [2.05, 4.69) is 5.32 Å². The Labute approximate surface area is 171 Å². The molecule has 4 bridgehead atoms. The molecule has 2 amide bonds. The van der Waals surface area contributed by atoms with E-state index in [0.29, 0.717) is 19.3 Å². The van der Waals surface area contributed by atoms with Gasteiger partial charge in [-0.15, -0.1) is 0 Å². The van der Waals surface area contributed by atoms with Crippen LogP contribution in [0.3, 0.4) is 0 Å². The standard InChI is InChI=1S/C22H23F3N2O3/c1-30-12-3-2-11-8-16-20-5-4-15-17(13(10-20)18(28)26-15)21(20,14(11)9-12)6-7-27(16)19(29)22(23,24)25/h2-3,9,13,15-17H,4-8,10H2,1H3,(H,26,28)/t13-,15?,16?,17?,20?,21?/m0/s1. The summed E-state index contributed by atoms with van der Waals surface area (Å²) in [6.07, 6.45) is -1.98. The number of hydrogen-bond donors (Lipinski definition) is 1. The predicted octanol–water partition coefficient (Wildman–Crippen LogP) is 2.57. The van der Waals surface area contributed by atoms with Gasteiger partial charge in [0.1, 0.15) is 5.75 Å². The van der Waals surface area contributed by atoms with E-state index in [9.17, 15) is 22.8 Å². The highest BCUT2D eigenvalue weighted by Gasteiger charge is 2.77. The fourth-order valence-corrected chi connectivity index (χ4v) is 8.17. The first-order valence-corrected chi connectivity index (χ1v) is 10.6. The Morgan fingerprint density at radius 3 is 2.83 bits per heavy atom. The summed E-state index contributed by atoms with van der Waals surface area (Å²) in [5, 5.41) is 3.16. The number of methoxy groups -OCH3 is 1. The number of carbonyl (C=O) groups excluding carboxylic acids is 2. The number of carbonyl (C=O) groups is 2. The molecule has 2 heterocycles. The summed E-state index contributed by atoms with van der Waals surface area (Å²) in [5.41, 5.74) is 1.23. The molecule has 6 atom stereocenters. The van der Waals surface area contributed by atoms with Crippen LogP contribution in [0, 0.1) is 17.3 Å². The molecular weight excluding hydrogens is 397 g/mol. The number of alkyl halides is 3. The highest BCUT2D eigenvalue weighted by atomic mass is 19.4. The maximum atomic E-state index is 13.5. The first-order valence-electron chi connectivity index (χ1n) is 10.6. The topological polar surface area (TPSA) is 58.6 Å². The number of amides is 2. The largest absolute Gasteiger partial charge is 0.497 e. The van der Waals surface area contributed by atoms with Gasteiger partial charge in [-0.25, -0.2) is 0 Å². The van der Waals surface area contributed by atoms with E-state index in [-0.39, 0.29) is 30.3 Å². The van der Waals surface area contributed by atoms with Crippen molar-refractivity contribution >= 4 is 11.8 Å². The van der Waals surface area contributed by atoms with Gasteiger partial charge in [-0.3, -0.25) is 9.59 Å². The number of piperidine rings is 1. The minimum absolute atomic E-state index is 0.0247. The van der Waals surface area contributed by atoms with E-state index in [0.717, 1.165) is 34.6 Å². The molecular formula is C22H23F3N2O3. The minimum Gasteiger partial charge on any atom is -0.497 e. The van der Waals surface area contributed by atoms with Gasteiger partial charge in [0.15, 0.2) is 0 Å². The first-order chi connectivity index (χ1) is 14.2. The number of likely N-dealkylation sites (tertiary alicyclic amines) is 1. The molecule has 5 unspecified atom stereocenters. The summed E-state index contributed by atoms with van der Waals surface area (Å²) in [4.78, 5) is 26.3. The van der Waals surface area contributed by atoms with Gasteiger partial charge in [0.2, 0.25) is 5.91 Å². The lowest BCUT2D eigenvalue weighted by Gasteiger charge is -2.65. The Hall–Kier alpha value is -2.25. The lowest BCUT2D eigenvalue weighted by molar-refractivity contribution is -0.199. The van der Waals surface area contributed by atoms with E-state index in [1.165, 1.54) is 0 Å². The van der Waals surface area contributed by atoms with Crippen molar-refractivity contribution in [3.05, 3.63) is 29.3 Å². The third-order valence-corrected chi connectivity index (χ3v) is 8.95. The van der Waals surface area contributed by atoms with Crippen LogP contribution in [0.5, 0.6) is 5.75 Å². The average Bonchev–Trinajstić information content (AvgIpc) is 3.13. The Kier molecular flexibility index (Phi) is 3.40. The van der Waals surface area contributed by atoms with Crippen molar-refractivity contribution in [2.24, 2.45) is 17.3 Å². The number of halogens is 3. The van der Waals surface area contributed by atoms with Gasteiger partial charge >= 0.3 is 12.1 Å². The molecule has 1 N–H and O–H groups in total. The van der Waals surface area contributed by atoms with E-state index in [4.69, 9.17) is 4.74 Å². The smallest absolute Gasteiger partial charge is 0.471 e. The highest BCUT2D eigenvalue weighted by molar-refractivity contribution is 5.85. The zero-order chi connectivity index (χ0) is 21.1. The highest BCUT2D eigenvalue weighted by Crippen LogP contribution is 2.74. The van der Waals surface area contributed by atoms with Crippen molar-refractivity contribution in [2.75, 3.05) is 13.7 Å². The van der Waals surface area contributed by atoms with Crippen molar-refractivity contribution in [1.82, 2.24) is 10.2 Å². The van der Waals surface area contributed by atoms with Gasteiger partial charge in [0, 0.05) is 41.3 Å². The summed E-state index contributed by atoms with van der Waals surface area (Å²) in [5.74, 6) is -1.12. The molecule has 1 aromatic rings. The predicted molar refractivity (Wildman–Crippen MR) is 99.7 cm³/mol. The Balaban J connectivity index is 1.59. The van der Waals surface area contributed by atoms with E-state index < -0.39 is 29.0 Å². The molecule has 160 valence electrons. The number of fused-ring (bicyclic) bond motifs is 1. The number of ether oxygens (including phenoxy) is 1. The molecule has 2 saturated heterocycles. The van der Waals surface area contributed by atoms with Gasteiger partial charge in [0.25, 0.3) is 0 Å². The Morgan fingerprint density at radius 2 is 2.10 bits per heavy atom. The molecule has 1 aromatic carbocycles. The van der Waals surface area contributed by atoms with Crippen LogP contribution in [0.2, 0.25) is 0 Å². The second-order valence-corrected chi connectivity index (χ2v) is 9.61. The van der Waals surface area contributed by atoms with E-state index in [1.54, 1.807) is 7.11 Å². The zero-order valence-electron chi connectivity index (χ0n) is 16.6. The van der Waals surface area contributed by atoms with Gasteiger partial charge < -0.3 is 15.0 Å². The van der Waals surface area contributed by atoms with Crippen molar-refractivity contribution in [3.8, 4) is 5.75 Å². The maximum Gasteiger partial charge on any atom is 0.471 e. The SMILES string of the molecule is COc1ccc2c(c1)C13CCN(C(=O)C(F)(F)F)C(C2)C12CCC1NC(=O)[C@@H](C2)C13. The molecule has 5 aliphatic rings. The average molecular weight is 420 g/mol. The van der Waals surface area contributed by atoms with Crippen LogP contribution in [-0.2, 0) is 21.4 Å². The first kappa shape index (κ1) is 18.5. The quantitative estimate of drug-likeness (QED) is 0.760. The number of rotatable bonds is 1. The fraction of sp³-hybridized carbons (Fsp3) is 0.636. The van der Waals surface area contributed by atoms with Crippen LogP contribution in [0.15, 0.2) is 18.2 Å². The van der Waals surface area contributed by atoms with Gasteiger partial charge in [0.05, 0.1) is 7.11 Å². The van der Waals surface area contributed by atoms with Crippen LogP contribution >= 0.6 is 0 Å². The number of hydrogen-bond acceptors (Lipinski definition) is 3. The van der Waals surface area contributed by atoms with Crippen LogP contribution in [0.4, 0.5) is 13.2 Å². The summed E-state index contributed by atoms with van der Waals surface area (Å²) < 4.78 is 45.8. The zero-order valence-corrected chi connectivity index (χ0v) is 16.6. The molecule has 2 aliphatic heterocycles. The number of nitrogens with zero attached hydrogens (tertiary/aromatic N) is 1. The molecule has 3 aliphatic carbocycles. The molecule has 8 heteroatoms. The van der Waals surface area contributed by atoms with Gasteiger partial charge in [-0.1, -0.05) is 6.07 Å². The Morgan fingerprint density at radius 1 is 1.30 bits per heavy atom. The fourth-order valence-electron chi connectivity index (χ4n) is 8.17. The molecule has 2 saturated carbocycles. The molecule has 6 rings (SSSR count). The summed E-state index contributed by atoms with van der Waals surface area (Å²) in [7, 11) is 1.61. The van der Waals surface area contributed by atoms with Crippen molar-refractivity contribution < 1.29 is 27.5 Å². The van der Waals surface area contributed by atoms with Crippen molar-refractivity contribution in [1.29, 1.82) is 0 Å². The molecule has 5 nitrogen and oxygen atoms in total. The molecule has 0 radical (unpaired) electrons. The van der Waals surface area contributed by atoms with Gasteiger partial charge in [-0.2, -0.15) is 13.2 Å². The third-order valence-electron chi connectivity index (χ3n) is 8.95. The van der Waals surface area contributed by atoms with Crippen molar-refractivity contribution in [2.45, 2.75) is 55.8 Å². The van der Waals surface area contributed by atoms with Crippen molar-refractivity contribution in [3.63, 3.8) is 0 Å². The molecule has 30 heavy (non-hydrogen) atoms. The molecule has 4 fully saturated rings. The van der Waals surface area contributed by atoms with Crippen LogP contribution < -0.4 is 10.1 Å². The second-order valence-electron chi connectivity index (χ2n) is 9.61. The van der Waals surface area contributed by atoms with Crippen LogP contribution in [0.25, 0.3) is 0 Å². The lowest BCUT2D eigenvalue weighted by atomic mass is 9.43. The number of benzene rings is 1. The lowest BCUT2D eigenvalue weighted by Crippen LogP contribution is -2.71. The normalized spacial score (nSPS) is 40.5. The summed E-state index contributed by atoms with van der Waals surface area (Å²) >= 11 is 0. The van der Waals surface area contributed by atoms with Crippen LogP contribution in [-0.4, -0.2) is 48.6 Å². The summed E-state index contributed by atoms with van der Waals surface area (Å²) in [6.45, 7) is 0.0749. The Bertz CT molecular complexity index is 979. The van der Waals surface area contributed by atoms with E-state index >= 15 is 0 Å². The summed E-state index contributed by atoms with van der Waals surface area (Å²) in [6, 6.07) is 5.33. The van der Waals surface area contributed by atoms with E-state index in [1.807, 2.05) is 18.2 Å². The molecule has 0 spiro atoms. The monoisotopic (exact) mass is 420 g/mol. The van der Waals surface area contributed by atoms with Gasteiger partial charge in [-0.05, 0) is 55.4 Å². The van der Waals surface area contributed by atoms with Crippen LogP contribution in [0.1, 0.15) is 36.8 Å². The molecule has 0 aromatic heterocycles. The minimum atomic E-state index is -4.89. The number of nitrogens with one attached hydrogen (secondary N) is 1. The second kappa shape index (κ2) is 5.51. The third kappa shape index (κ3) is 1.92. The maximum absolute atomic E-state index is 13.5.